The number of fused-ring (bicyclic) bond motifs is 1. The molecule has 5 rings (SSSR count). The molecular formula is C28H31F5N6O2. The van der Waals surface area contributed by atoms with Gasteiger partial charge in [-0.25, -0.2) is 18.3 Å². The van der Waals surface area contributed by atoms with E-state index >= 15 is 0 Å². The highest BCUT2D eigenvalue weighted by atomic mass is 19.4. The monoisotopic (exact) mass is 578 g/mol. The summed E-state index contributed by atoms with van der Waals surface area (Å²) in [7, 11) is 0. The maximum atomic E-state index is 14.0. The van der Waals surface area contributed by atoms with Gasteiger partial charge < -0.3 is 10.6 Å². The molecular weight excluding hydrogens is 547 g/mol. The van der Waals surface area contributed by atoms with Gasteiger partial charge in [0.2, 0.25) is 11.8 Å². The van der Waals surface area contributed by atoms with Crippen LogP contribution in [0.3, 0.4) is 0 Å². The number of aryl methyl sites for hydroxylation is 1. The average molecular weight is 579 g/mol. The summed E-state index contributed by atoms with van der Waals surface area (Å²) in [4.78, 5) is 34.3. The Labute approximate surface area is 233 Å². The van der Waals surface area contributed by atoms with Gasteiger partial charge in [0, 0.05) is 31.2 Å². The molecule has 2 N–H and O–H groups in total. The highest BCUT2D eigenvalue weighted by Crippen LogP contribution is 2.43. The molecule has 0 unspecified atom stereocenters. The predicted octanol–water partition coefficient (Wildman–Crippen LogP) is 5.64. The van der Waals surface area contributed by atoms with Crippen LogP contribution in [-0.4, -0.2) is 43.5 Å². The molecule has 2 aliphatic rings. The quantitative estimate of drug-likeness (QED) is 0.320. The van der Waals surface area contributed by atoms with Gasteiger partial charge in [-0.15, -0.1) is 0 Å². The van der Waals surface area contributed by atoms with Crippen LogP contribution >= 0.6 is 0 Å². The van der Waals surface area contributed by atoms with Crippen LogP contribution in [0.25, 0.3) is 5.65 Å². The number of nitrogens with one attached hydrogen (secondary N) is 2. The molecule has 0 aromatic carbocycles. The van der Waals surface area contributed by atoms with E-state index in [9.17, 15) is 31.5 Å². The normalized spacial score (nSPS) is 19.1. The van der Waals surface area contributed by atoms with Gasteiger partial charge in [-0.05, 0) is 68.2 Å². The summed E-state index contributed by atoms with van der Waals surface area (Å²) in [6.07, 6.45) is -0.0578. The molecule has 0 aliphatic heterocycles. The number of hydrogen-bond donors (Lipinski definition) is 2. The number of pyridine rings is 1. The summed E-state index contributed by atoms with van der Waals surface area (Å²) in [6.45, 7) is 1.71. The van der Waals surface area contributed by atoms with Gasteiger partial charge in [0.15, 0.2) is 5.65 Å². The van der Waals surface area contributed by atoms with Crippen LogP contribution in [0.2, 0.25) is 0 Å². The number of aromatic nitrogens is 4. The highest BCUT2D eigenvalue weighted by molar-refractivity contribution is 5.95. The first kappa shape index (κ1) is 28.9. The smallest absolute Gasteiger partial charge is 0.349 e. The Hall–Kier alpha value is -3.64. The van der Waals surface area contributed by atoms with Gasteiger partial charge in [0.25, 0.3) is 5.91 Å². The van der Waals surface area contributed by atoms with Crippen molar-refractivity contribution in [3.8, 4) is 0 Å². The lowest BCUT2D eigenvalue weighted by Crippen LogP contribution is -2.37. The minimum absolute atomic E-state index is 0.0854. The summed E-state index contributed by atoms with van der Waals surface area (Å²) in [5.41, 5.74) is 2.38. The van der Waals surface area contributed by atoms with E-state index in [1.807, 2.05) is 0 Å². The van der Waals surface area contributed by atoms with Crippen LogP contribution in [0, 0.1) is 18.8 Å². The van der Waals surface area contributed by atoms with Crippen LogP contribution in [0.4, 0.5) is 22.0 Å². The zero-order chi connectivity index (χ0) is 29.4. The third kappa shape index (κ3) is 7.17. The molecule has 0 radical (unpaired) electrons. The molecule has 2 amide bonds. The largest absolute Gasteiger partial charge is 0.389 e. The van der Waals surface area contributed by atoms with Crippen molar-refractivity contribution in [3.05, 3.63) is 59.3 Å². The molecule has 2 aliphatic carbocycles. The summed E-state index contributed by atoms with van der Waals surface area (Å²) in [5.74, 6) is -4.03. The van der Waals surface area contributed by atoms with Crippen LogP contribution in [0.1, 0.15) is 90.8 Å². The molecule has 8 nitrogen and oxygen atoms in total. The number of amides is 2. The van der Waals surface area contributed by atoms with Gasteiger partial charge in [-0.1, -0.05) is 0 Å². The second-order valence-electron chi connectivity index (χ2n) is 11.0. The van der Waals surface area contributed by atoms with Gasteiger partial charge >= 0.3 is 6.18 Å². The lowest BCUT2D eigenvalue weighted by Gasteiger charge is -2.33. The van der Waals surface area contributed by atoms with Crippen molar-refractivity contribution in [3.63, 3.8) is 0 Å². The average Bonchev–Trinajstić information content (AvgIpc) is 3.67. The van der Waals surface area contributed by atoms with Gasteiger partial charge in [-0.3, -0.25) is 14.6 Å². The van der Waals surface area contributed by atoms with Gasteiger partial charge in [-0.2, -0.15) is 18.3 Å². The van der Waals surface area contributed by atoms with E-state index in [2.05, 4.69) is 25.7 Å². The number of rotatable bonds is 9. The van der Waals surface area contributed by atoms with E-state index in [1.54, 1.807) is 43.7 Å². The van der Waals surface area contributed by atoms with Gasteiger partial charge in [0.1, 0.15) is 0 Å². The maximum Gasteiger partial charge on any atom is 0.389 e. The van der Waals surface area contributed by atoms with Crippen LogP contribution in [0.5, 0.6) is 0 Å². The second-order valence-corrected chi connectivity index (χ2v) is 11.0. The maximum absolute atomic E-state index is 14.0. The fraction of sp³-hybridized carbons (Fsp3) is 0.536. The molecule has 13 heteroatoms. The highest BCUT2D eigenvalue weighted by Gasteiger charge is 2.40. The molecule has 0 bridgehead atoms. The van der Waals surface area contributed by atoms with E-state index in [4.69, 9.17) is 0 Å². The minimum Gasteiger partial charge on any atom is -0.349 e. The van der Waals surface area contributed by atoms with Crippen molar-refractivity contribution in [2.45, 2.75) is 82.5 Å². The zero-order valence-electron chi connectivity index (χ0n) is 22.4. The van der Waals surface area contributed by atoms with Crippen molar-refractivity contribution in [1.82, 2.24) is 30.2 Å². The van der Waals surface area contributed by atoms with E-state index in [0.29, 0.717) is 28.2 Å². The van der Waals surface area contributed by atoms with Crippen LogP contribution in [-0.2, 0) is 4.79 Å². The molecule has 3 aromatic heterocycles. The van der Waals surface area contributed by atoms with Crippen molar-refractivity contribution < 1.29 is 31.5 Å². The summed E-state index contributed by atoms with van der Waals surface area (Å²) >= 11 is 0. The molecule has 3 heterocycles. The molecule has 0 saturated heterocycles. The third-order valence-electron chi connectivity index (χ3n) is 7.85. The van der Waals surface area contributed by atoms with Crippen LogP contribution < -0.4 is 10.6 Å². The van der Waals surface area contributed by atoms with Crippen molar-refractivity contribution in [2.24, 2.45) is 11.8 Å². The lowest BCUT2D eigenvalue weighted by atomic mass is 9.81. The van der Waals surface area contributed by atoms with E-state index < -0.39 is 42.9 Å². The molecule has 0 spiro atoms. The first-order valence-electron chi connectivity index (χ1n) is 13.7. The number of imidazole rings is 1. The standard InChI is InChI=1S/C28H31F5N6O2/c1-16-20(3-2-12-34-16)26(41)38-25(18-6-9-27(29,30)10-7-18)21-15-39-22(36-21)13-19(14-35-39)24(17-4-5-17)37-23(40)8-11-28(31,32)33/h2-3,12-15,17-18,24-25H,4-11H2,1H3,(H,37,40)(H,38,41)/t24-,25+/m1/s1. The molecule has 2 fully saturated rings. The molecule has 2 saturated carbocycles. The molecule has 220 valence electrons. The second kappa shape index (κ2) is 11.3. The summed E-state index contributed by atoms with van der Waals surface area (Å²) in [6, 6.07) is 3.83. The number of nitrogens with zero attached hydrogens (tertiary/aromatic N) is 4. The Kier molecular flexibility index (Phi) is 7.97. The van der Waals surface area contributed by atoms with E-state index in [0.717, 1.165) is 12.8 Å². The van der Waals surface area contributed by atoms with Gasteiger partial charge in [0.05, 0.1) is 42.2 Å². The first-order valence-corrected chi connectivity index (χ1v) is 13.7. The summed E-state index contributed by atoms with van der Waals surface area (Å²) < 4.78 is 67.2. The Bertz CT molecular complexity index is 1410. The number of alkyl halides is 5. The van der Waals surface area contributed by atoms with E-state index in [-0.39, 0.29) is 43.4 Å². The molecule has 3 aromatic rings. The number of carbonyl (C=O) groups is 2. The fourth-order valence-electron chi connectivity index (χ4n) is 5.41. The lowest BCUT2D eigenvalue weighted by molar-refractivity contribution is -0.144. The third-order valence-corrected chi connectivity index (χ3v) is 7.85. The van der Waals surface area contributed by atoms with Crippen LogP contribution in [0.15, 0.2) is 36.8 Å². The summed E-state index contributed by atoms with van der Waals surface area (Å²) in [5, 5.41) is 10.1. The SMILES string of the molecule is Cc1ncccc1C(=O)N[C@H](c1cn2ncc([C@H](NC(=O)CCC(F)(F)F)C3CC3)cc2n1)C1CCC(F)(F)CC1. The number of carbonyl (C=O) groups excluding carboxylic acids is 2. The van der Waals surface area contributed by atoms with E-state index in [1.165, 1.54) is 4.52 Å². The Morgan fingerprint density at radius 1 is 1.10 bits per heavy atom. The van der Waals surface area contributed by atoms with Crippen molar-refractivity contribution in [2.75, 3.05) is 0 Å². The van der Waals surface area contributed by atoms with Crippen molar-refractivity contribution in [1.29, 1.82) is 0 Å². The zero-order valence-corrected chi connectivity index (χ0v) is 22.4. The van der Waals surface area contributed by atoms with Crippen molar-refractivity contribution >= 4 is 17.5 Å². The molecule has 41 heavy (non-hydrogen) atoms. The number of halogens is 5. The predicted molar refractivity (Wildman–Crippen MR) is 138 cm³/mol. The number of hydrogen-bond acceptors (Lipinski definition) is 5. The Morgan fingerprint density at radius 2 is 1.80 bits per heavy atom. The Morgan fingerprint density at radius 3 is 2.46 bits per heavy atom. The topological polar surface area (TPSA) is 101 Å². The Balaban J connectivity index is 1.40. The fourth-order valence-corrected chi connectivity index (χ4v) is 5.41. The minimum atomic E-state index is -4.42. The molecule has 2 atom stereocenters. The first-order chi connectivity index (χ1) is 19.4.